The fraction of sp³-hybridized carbons (Fsp3) is 0.308. The van der Waals surface area contributed by atoms with Crippen molar-refractivity contribution in [2.45, 2.75) is 13.5 Å². The Morgan fingerprint density at radius 2 is 2.26 bits per heavy atom. The van der Waals surface area contributed by atoms with E-state index >= 15 is 0 Å². The van der Waals surface area contributed by atoms with Gasteiger partial charge in [-0.15, -0.1) is 0 Å². The Kier molecular flexibility index (Phi) is 4.59. The lowest BCUT2D eigenvalue weighted by Crippen LogP contribution is -2.02. The number of aromatic nitrogens is 3. The summed E-state index contributed by atoms with van der Waals surface area (Å²) in [5, 5.41) is 0. The number of hydrogen-bond donors (Lipinski definition) is 1. The van der Waals surface area contributed by atoms with E-state index in [2.05, 4.69) is 15.0 Å². The van der Waals surface area contributed by atoms with Gasteiger partial charge in [0.2, 0.25) is 0 Å². The Hall–Kier alpha value is -1.79. The lowest BCUT2D eigenvalue weighted by atomic mass is 10.2. The third-order valence-electron chi connectivity index (χ3n) is 2.48. The number of pyridine rings is 1. The molecule has 1 N–H and O–H groups in total. The van der Waals surface area contributed by atoms with Crippen LogP contribution in [0, 0.1) is 4.64 Å². The molecule has 2 heterocycles. The van der Waals surface area contributed by atoms with E-state index in [-0.39, 0.29) is 0 Å². The number of H-pyrrole nitrogens is 1. The van der Waals surface area contributed by atoms with Gasteiger partial charge >= 0.3 is 0 Å². The van der Waals surface area contributed by atoms with Crippen molar-refractivity contribution in [3.63, 3.8) is 0 Å². The third kappa shape index (κ3) is 3.36. The van der Waals surface area contributed by atoms with E-state index in [1.807, 2.05) is 19.1 Å². The van der Waals surface area contributed by atoms with E-state index in [0.29, 0.717) is 35.1 Å². The Morgan fingerprint density at radius 1 is 1.42 bits per heavy atom. The molecule has 0 aliphatic heterocycles. The molecule has 0 aliphatic rings. The summed E-state index contributed by atoms with van der Waals surface area (Å²) >= 11 is 5.16. The van der Waals surface area contributed by atoms with Gasteiger partial charge in [-0.1, -0.05) is 12.2 Å². The molecular formula is C13H15N3O2S. The molecule has 0 radical (unpaired) electrons. The molecule has 0 aliphatic carbocycles. The Labute approximate surface area is 116 Å². The molecule has 2 aromatic heterocycles. The van der Waals surface area contributed by atoms with Crippen LogP contribution in [-0.4, -0.2) is 28.7 Å². The van der Waals surface area contributed by atoms with Crippen molar-refractivity contribution in [2.24, 2.45) is 0 Å². The van der Waals surface area contributed by atoms with Gasteiger partial charge in [-0.3, -0.25) is 4.98 Å². The first-order chi connectivity index (χ1) is 9.24. The molecule has 2 aromatic rings. The molecule has 0 saturated carbocycles. The maximum absolute atomic E-state index is 5.33. The molecule has 19 heavy (non-hydrogen) atoms. The van der Waals surface area contributed by atoms with Crippen molar-refractivity contribution in [1.82, 2.24) is 15.0 Å². The Balaban J connectivity index is 2.44. The van der Waals surface area contributed by atoms with E-state index in [1.54, 1.807) is 19.4 Å². The lowest BCUT2D eigenvalue weighted by molar-refractivity contribution is 0.128. The van der Waals surface area contributed by atoms with E-state index in [0.717, 1.165) is 5.69 Å². The van der Waals surface area contributed by atoms with E-state index in [4.69, 9.17) is 21.7 Å². The highest BCUT2D eigenvalue weighted by Gasteiger charge is 2.08. The normalized spacial score (nSPS) is 10.4. The minimum Gasteiger partial charge on any atom is -0.494 e. The van der Waals surface area contributed by atoms with Crippen LogP contribution in [0.15, 0.2) is 24.4 Å². The third-order valence-corrected chi connectivity index (χ3v) is 2.69. The first-order valence-corrected chi connectivity index (χ1v) is 6.32. The van der Waals surface area contributed by atoms with Gasteiger partial charge in [-0.25, -0.2) is 4.98 Å². The second kappa shape index (κ2) is 6.40. The number of rotatable bonds is 5. The van der Waals surface area contributed by atoms with Crippen LogP contribution in [0.25, 0.3) is 11.4 Å². The predicted octanol–water partition coefficient (Wildman–Crippen LogP) is 2.75. The van der Waals surface area contributed by atoms with Crippen molar-refractivity contribution in [3.05, 3.63) is 34.9 Å². The predicted molar refractivity (Wildman–Crippen MR) is 74.5 cm³/mol. The summed E-state index contributed by atoms with van der Waals surface area (Å²) < 4.78 is 11.1. The molecule has 0 atom stereocenters. The van der Waals surface area contributed by atoms with Gasteiger partial charge in [0.15, 0.2) is 0 Å². The number of hydrogen-bond acceptors (Lipinski definition) is 5. The SMILES string of the molecule is CCOCc1nc(=S)cc(-c2ncccc2OC)[nH]1. The molecule has 0 bridgehead atoms. The minimum atomic E-state index is 0.392. The molecule has 0 saturated heterocycles. The van der Waals surface area contributed by atoms with Crippen LogP contribution in [0.4, 0.5) is 0 Å². The van der Waals surface area contributed by atoms with Gasteiger partial charge in [-0.05, 0) is 19.1 Å². The van der Waals surface area contributed by atoms with Crippen molar-refractivity contribution >= 4 is 12.2 Å². The van der Waals surface area contributed by atoms with Crippen LogP contribution < -0.4 is 4.74 Å². The van der Waals surface area contributed by atoms with Crippen LogP contribution >= 0.6 is 12.2 Å². The quantitative estimate of drug-likeness (QED) is 0.851. The largest absolute Gasteiger partial charge is 0.494 e. The fourth-order valence-electron chi connectivity index (χ4n) is 1.66. The van der Waals surface area contributed by atoms with Crippen molar-refractivity contribution < 1.29 is 9.47 Å². The highest BCUT2D eigenvalue weighted by atomic mass is 32.1. The molecule has 0 spiro atoms. The number of nitrogens with zero attached hydrogens (tertiary/aromatic N) is 2. The first kappa shape index (κ1) is 13.6. The molecular weight excluding hydrogens is 262 g/mol. The molecule has 0 amide bonds. The maximum Gasteiger partial charge on any atom is 0.146 e. The standard InChI is InChI=1S/C13H15N3O2S/c1-3-18-8-11-15-9(7-12(19)16-11)13-10(17-2)5-4-6-14-13/h4-7H,3,8H2,1-2H3,(H,15,16,19). The van der Waals surface area contributed by atoms with Gasteiger partial charge in [0.05, 0.1) is 12.8 Å². The number of aromatic amines is 1. The summed E-state index contributed by atoms with van der Waals surface area (Å²) in [6.07, 6.45) is 1.71. The lowest BCUT2D eigenvalue weighted by Gasteiger charge is -2.09. The van der Waals surface area contributed by atoms with Gasteiger partial charge in [0, 0.05) is 18.9 Å². The number of nitrogens with one attached hydrogen (secondary N) is 1. The van der Waals surface area contributed by atoms with Crippen molar-refractivity contribution in [1.29, 1.82) is 0 Å². The summed E-state index contributed by atoms with van der Waals surface area (Å²) in [7, 11) is 1.61. The molecule has 0 unspecified atom stereocenters. The second-order valence-electron chi connectivity index (χ2n) is 3.77. The molecule has 0 fully saturated rings. The van der Waals surface area contributed by atoms with Crippen LogP contribution in [0.5, 0.6) is 5.75 Å². The molecule has 2 rings (SSSR count). The fourth-order valence-corrected chi connectivity index (χ4v) is 1.89. The first-order valence-electron chi connectivity index (χ1n) is 5.92. The Bertz CT molecular complexity index is 613. The summed E-state index contributed by atoms with van der Waals surface area (Å²) in [6.45, 7) is 2.95. The number of ether oxygens (including phenoxy) is 2. The zero-order chi connectivity index (χ0) is 13.7. The summed E-state index contributed by atoms with van der Waals surface area (Å²) in [6, 6.07) is 5.43. The molecule has 6 heteroatoms. The van der Waals surface area contributed by atoms with Gasteiger partial charge in [0.25, 0.3) is 0 Å². The summed E-state index contributed by atoms with van der Waals surface area (Å²) in [4.78, 5) is 11.7. The van der Waals surface area contributed by atoms with Crippen molar-refractivity contribution in [3.8, 4) is 17.1 Å². The average Bonchev–Trinajstić information content (AvgIpc) is 2.44. The van der Waals surface area contributed by atoms with E-state index in [9.17, 15) is 0 Å². The monoisotopic (exact) mass is 277 g/mol. The molecule has 5 nitrogen and oxygen atoms in total. The minimum absolute atomic E-state index is 0.392. The van der Waals surface area contributed by atoms with Crippen LogP contribution in [0.3, 0.4) is 0 Å². The second-order valence-corrected chi connectivity index (χ2v) is 4.19. The van der Waals surface area contributed by atoms with Gasteiger partial charge in [-0.2, -0.15) is 0 Å². The van der Waals surface area contributed by atoms with Crippen LogP contribution in [-0.2, 0) is 11.3 Å². The van der Waals surface area contributed by atoms with Gasteiger partial charge < -0.3 is 14.5 Å². The number of methoxy groups -OCH3 is 1. The zero-order valence-electron chi connectivity index (χ0n) is 10.8. The highest BCUT2D eigenvalue weighted by molar-refractivity contribution is 7.71. The van der Waals surface area contributed by atoms with Gasteiger partial charge in [0.1, 0.15) is 28.5 Å². The molecule has 100 valence electrons. The summed E-state index contributed by atoms with van der Waals surface area (Å²) in [5.74, 6) is 1.36. The summed E-state index contributed by atoms with van der Waals surface area (Å²) in [5.41, 5.74) is 1.48. The zero-order valence-corrected chi connectivity index (χ0v) is 11.7. The van der Waals surface area contributed by atoms with Crippen molar-refractivity contribution in [2.75, 3.05) is 13.7 Å². The van der Waals surface area contributed by atoms with E-state index < -0.39 is 0 Å². The van der Waals surface area contributed by atoms with Crippen LogP contribution in [0.1, 0.15) is 12.7 Å². The van der Waals surface area contributed by atoms with Crippen LogP contribution in [0.2, 0.25) is 0 Å². The molecule has 0 aromatic carbocycles. The maximum atomic E-state index is 5.33. The highest BCUT2D eigenvalue weighted by Crippen LogP contribution is 2.25. The Morgan fingerprint density at radius 3 is 3.00 bits per heavy atom. The van der Waals surface area contributed by atoms with E-state index in [1.165, 1.54) is 0 Å². The topological polar surface area (TPSA) is 60.0 Å². The average molecular weight is 277 g/mol. The smallest absolute Gasteiger partial charge is 0.146 e.